The van der Waals surface area contributed by atoms with E-state index in [2.05, 4.69) is 0 Å². The van der Waals surface area contributed by atoms with Gasteiger partial charge in [-0.3, -0.25) is 4.79 Å². The second-order valence-corrected chi connectivity index (χ2v) is 5.20. The molecule has 1 aliphatic heterocycles. The largest absolute Gasteiger partial charge is 0.481 e. The maximum atomic E-state index is 11.0. The van der Waals surface area contributed by atoms with Gasteiger partial charge in [-0.05, 0) is 44.4 Å². The molecule has 1 aliphatic carbocycles. The monoisotopic (exact) mass is 226 g/mol. The molecule has 16 heavy (non-hydrogen) atoms. The van der Waals surface area contributed by atoms with Crippen molar-refractivity contribution in [3.63, 3.8) is 0 Å². The summed E-state index contributed by atoms with van der Waals surface area (Å²) in [5.74, 6) is -0.219. The molecule has 1 heterocycles. The first kappa shape index (κ1) is 11.9. The van der Waals surface area contributed by atoms with Crippen LogP contribution in [-0.4, -0.2) is 23.8 Å². The van der Waals surface area contributed by atoms with E-state index < -0.39 is 5.97 Å². The summed E-state index contributed by atoms with van der Waals surface area (Å²) in [6, 6.07) is 0. The highest BCUT2D eigenvalue weighted by Crippen LogP contribution is 2.35. The van der Waals surface area contributed by atoms with E-state index in [1.807, 2.05) is 0 Å². The van der Waals surface area contributed by atoms with Crippen LogP contribution in [0, 0.1) is 11.8 Å². The van der Waals surface area contributed by atoms with Gasteiger partial charge in [0.2, 0.25) is 0 Å². The van der Waals surface area contributed by atoms with Gasteiger partial charge in [0.15, 0.2) is 0 Å². The van der Waals surface area contributed by atoms with E-state index in [-0.39, 0.29) is 5.92 Å². The standard InChI is InChI=1S/C13H22O3/c14-13(15)12-8-2-5-10(12)4-1-6-11-7-3-9-16-11/h10-12H,1-9H2,(H,14,15). The van der Waals surface area contributed by atoms with Crippen molar-refractivity contribution in [1.82, 2.24) is 0 Å². The normalized spacial score (nSPS) is 34.4. The lowest BCUT2D eigenvalue weighted by Gasteiger charge is -2.16. The van der Waals surface area contributed by atoms with Gasteiger partial charge >= 0.3 is 5.97 Å². The molecule has 2 fully saturated rings. The molecule has 0 bridgehead atoms. The van der Waals surface area contributed by atoms with Gasteiger partial charge in [-0.1, -0.05) is 12.8 Å². The van der Waals surface area contributed by atoms with E-state index in [1.165, 1.54) is 12.8 Å². The van der Waals surface area contributed by atoms with Crippen molar-refractivity contribution >= 4 is 5.97 Å². The number of hydrogen-bond donors (Lipinski definition) is 1. The fourth-order valence-corrected chi connectivity index (χ4v) is 3.19. The van der Waals surface area contributed by atoms with Crippen LogP contribution in [0.25, 0.3) is 0 Å². The molecule has 0 radical (unpaired) electrons. The van der Waals surface area contributed by atoms with Crippen LogP contribution in [0.1, 0.15) is 51.4 Å². The van der Waals surface area contributed by atoms with Gasteiger partial charge in [0.05, 0.1) is 12.0 Å². The van der Waals surface area contributed by atoms with Crippen LogP contribution >= 0.6 is 0 Å². The number of rotatable bonds is 5. The van der Waals surface area contributed by atoms with Gasteiger partial charge in [-0.2, -0.15) is 0 Å². The molecular weight excluding hydrogens is 204 g/mol. The van der Waals surface area contributed by atoms with Crippen LogP contribution in [0.3, 0.4) is 0 Å². The molecule has 0 spiro atoms. The van der Waals surface area contributed by atoms with Crippen molar-refractivity contribution in [2.75, 3.05) is 6.61 Å². The van der Waals surface area contributed by atoms with Crippen LogP contribution in [0.2, 0.25) is 0 Å². The molecule has 1 saturated carbocycles. The van der Waals surface area contributed by atoms with Crippen LogP contribution in [0.15, 0.2) is 0 Å². The molecule has 0 amide bonds. The molecule has 1 saturated heterocycles. The summed E-state index contributed by atoms with van der Waals surface area (Å²) in [6.45, 7) is 0.922. The smallest absolute Gasteiger partial charge is 0.306 e. The lowest BCUT2D eigenvalue weighted by Crippen LogP contribution is -2.18. The summed E-state index contributed by atoms with van der Waals surface area (Å²) < 4.78 is 5.58. The Labute approximate surface area is 97.2 Å². The summed E-state index contributed by atoms with van der Waals surface area (Å²) in [7, 11) is 0. The SMILES string of the molecule is O=C(O)C1CCCC1CCCC1CCCO1. The highest BCUT2D eigenvalue weighted by molar-refractivity contribution is 5.70. The second kappa shape index (κ2) is 5.67. The minimum Gasteiger partial charge on any atom is -0.481 e. The van der Waals surface area contributed by atoms with E-state index in [0.717, 1.165) is 45.1 Å². The van der Waals surface area contributed by atoms with E-state index >= 15 is 0 Å². The summed E-state index contributed by atoms with van der Waals surface area (Å²) in [4.78, 5) is 11.0. The van der Waals surface area contributed by atoms with E-state index in [9.17, 15) is 4.79 Å². The molecule has 92 valence electrons. The first-order valence-corrected chi connectivity index (χ1v) is 6.62. The number of ether oxygens (including phenoxy) is 1. The van der Waals surface area contributed by atoms with Crippen LogP contribution in [0.5, 0.6) is 0 Å². The average molecular weight is 226 g/mol. The van der Waals surface area contributed by atoms with Gasteiger partial charge < -0.3 is 9.84 Å². The number of carboxylic acid groups (broad SMARTS) is 1. The zero-order chi connectivity index (χ0) is 11.4. The Morgan fingerprint density at radius 2 is 2.06 bits per heavy atom. The average Bonchev–Trinajstić information content (AvgIpc) is 2.87. The predicted molar refractivity (Wildman–Crippen MR) is 61.3 cm³/mol. The molecule has 1 N–H and O–H groups in total. The summed E-state index contributed by atoms with van der Waals surface area (Å²) >= 11 is 0. The molecule has 3 nitrogen and oxygen atoms in total. The van der Waals surface area contributed by atoms with Crippen molar-refractivity contribution in [2.45, 2.75) is 57.5 Å². The Balaban J connectivity index is 1.66. The summed E-state index contributed by atoms with van der Waals surface area (Å²) in [5, 5.41) is 9.07. The fraction of sp³-hybridized carbons (Fsp3) is 0.923. The van der Waals surface area contributed by atoms with Gasteiger partial charge in [-0.25, -0.2) is 0 Å². The van der Waals surface area contributed by atoms with E-state index in [4.69, 9.17) is 9.84 Å². The first-order valence-electron chi connectivity index (χ1n) is 6.62. The Bertz CT molecular complexity index is 233. The lowest BCUT2D eigenvalue weighted by atomic mass is 9.90. The van der Waals surface area contributed by atoms with Gasteiger partial charge in [0.1, 0.15) is 0 Å². The Kier molecular flexibility index (Phi) is 4.22. The number of hydrogen-bond acceptors (Lipinski definition) is 2. The molecule has 2 rings (SSSR count). The summed E-state index contributed by atoms with van der Waals surface area (Å²) in [5.41, 5.74) is 0. The van der Waals surface area contributed by atoms with Gasteiger partial charge in [-0.15, -0.1) is 0 Å². The Morgan fingerprint density at radius 1 is 1.19 bits per heavy atom. The third-order valence-corrected chi connectivity index (χ3v) is 4.10. The number of aliphatic carboxylic acids is 1. The highest BCUT2D eigenvalue weighted by Gasteiger charge is 2.32. The van der Waals surface area contributed by atoms with Crippen LogP contribution in [-0.2, 0) is 9.53 Å². The lowest BCUT2D eigenvalue weighted by molar-refractivity contribution is -0.143. The van der Waals surface area contributed by atoms with Gasteiger partial charge in [0.25, 0.3) is 0 Å². The summed E-state index contributed by atoms with van der Waals surface area (Å²) in [6.07, 6.45) is 9.31. The molecule has 0 aromatic heterocycles. The third kappa shape index (κ3) is 2.97. The zero-order valence-electron chi connectivity index (χ0n) is 9.86. The van der Waals surface area contributed by atoms with Crippen molar-refractivity contribution in [2.24, 2.45) is 11.8 Å². The van der Waals surface area contributed by atoms with Crippen LogP contribution in [0.4, 0.5) is 0 Å². The number of carboxylic acids is 1. The second-order valence-electron chi connectivity index (χ2n) is 5.20. The molecule has 3 atom stereocenters. The van der Waals surface area contributed by atoms with Crippen molar-refractivity contribution in [3.05, 3.63) is 0 Å². The van der Waals surface area contributed by atoms with Crippen molar-refractivity contribution < 1.29 is 14.6 Å². The molecular formula is C13H22O3. The van der Waals surface area contributed by atoms with Crippen molar-refractivity contribution in [1.29, 1.82) is 0 Å². The molecule has 2 aliphatic rings. The fourth-order valence-electron chi connectivity index (χ4n) is 3.19. The molecule has 3 unspecified atom stereocenters. The van der Waals surface area contributed by atoms with E-state index in [1.54, 1.807) is 0 Å². The number of carbonyl (C=O) groups is 1. The zero-order valence-corrected chi connectivity index (χ0v) is 9.86. The van der Waals surface area contributed by atoms with Gasteiger partial charge in [0, 0.05) is 6.61 Å². The molecule has 0 aromatic rings. The maximum Gasteiger partial charge on any atom is 0.306 e. The maximum absolute atomic E-state index is 11.0. The predicted octanol–water partition coefficient (Wildman–Crippen LogP) is 2.84. The molecule has 0 aromatic carbocycles. The third-order valence-electron chi connectivity index (χ3n) is 4.10. The molecule has 3 heteroatoms. The van der Waals surface area contributed by atoms with Crippen LogP contribution < -0.4 is 0 Å². The minimum absolute atomic E-state index is 0.0653. The first-order chi connectivity index (χ1) is 7.77. The topological polar surface area (TPSA) is 46.5 Å². The van der Waals surface area contributed by atoms with E-state index in [0.29, 0.717) is 12.0 Å². The highest BCUT2D eigenvalue weighted by atomic mass is 16.5. The Hall–Kier alpha value is -0.570. The van der Waals surface area contributed by atoms with Crippen molar-refractivity contribution in [3.8, 4) is 0 Å². The Morgan fingerprint density at radius 3 is 2.75 bits per heavy atom. The quantitative estimate of drug-likeness (QED) is 0.784. The minimum atomic E-state index is -0.584.